The Labute approximate surface area is 107 Å². The molecule has 0 saturated heterocycles. The van der Waals surface area contributed by atoms with Crippen LogP contribution in [-0.2, 0) is 0 Å². The van der Waals surface area contributed by atoms with Crippen molar-refractivity contribution >= 4 is 0 Å². The van der Waals surface area contributed by atoms with Crippen molar-refractivity contribution in [3.8, 4) is 0 Å². The number of hydrogen-bond donors (Lipinski definition) is 1. The Morgan fingerprint density at radius 3 is 2.06 bits per heavy atom. The lowest BCUT2D eigenvalue weighted by molar-refractivity contribution is 0.573. The lowest BCUT2D eigenvalue weighted by atomic mass is 9.84. The van der Waals surface area contributed by atoms with Gasteiger partial charge in [-0.3, -0.25) is 0 Å². The van der Waals surface area contributed by atoms with E-state index < -0.39 is 0 Å². The minimum Gasteiger partial charge on any atom is -0.327 e. The lowest BCUT2D eigenvalue weighted by Gasteiger charge is -2.24. The summed E-state index contributed by atoms with van der Waals surface area (Å²) in [5, 5.41) is 0. The van der Waals surface area contributed by atoms with Crippen LogP contribution in [0.3, 0.4) is 0 Å². The SMILES string of the molecule is CCC(N)C(c1ccccc1)c1ccc(F)cc1. The van der Waals surface area contributed by atoms with Crippen LogP contribution in [-0.4, -0.2) is 6.04 Å². The van der Waals surface area contributed by atoms with Crippen molar-refractivity contribution in [1.29, 1.82) is 0 Å². The van der Waals surface area contributed by atoms with Crippen LogP contribution in [0.25, 0.3) is 0 Å². The fourth-order valence-electron chi connectivity index (χ4n) is 2.25. The molecule has 0 bridgehead atoms. The van der Waals surface area contributed by atoms with Crippen LogP contribution in [0.15, 0.2) is 54.6 Å². The van der Waals surface area contributed by atoms with Gasteiger partial charge in [-0.1, -0.05) is 49.4 Å². The van der Waals surface area contributed by atoms with Gasteiger partial charge in [0.1, 0.15) is 5.82 Å². The van der Waals surface area contributed by atoms with E-state index in [1.807, 2.05) is 30.3 Å². The van der Waals surface area contributed by atoms with Crippen molar-refractivity contribution < 1.29 is 4.39 Å². The second kappa shape index (κ2) is 5.78. The topological polar surface area (TPSA) is 26.0 Å². The van der Waals surface area contributed by atoms with Crippen LogP contribution in [0.4, 0.5) is 4.39 Å². The minimum atomic E-state index is -0.212. The summed E-state index contributed by atoms with van der Waals surface area (Å²) in [7, 11) is 0. The summed E-state index contributed by atoms with van der Waals surface area (Å²) in [6.45, 7) is 2.07. The highest BCUT2D eigenvalue weighted by Crippen LogP contribution is 2.28. The van der Waals surface area contributed by atoms with Gasteiger partial charge in [-0.15, -0.1) is 0 Å². The van der Waals surface area contributed by atoms with Gasteiger partial charge < -0.3 is 5.73 Å². The Balaban J connectivity index is 2.40. The maximum atomic E-state index is 13.0. The Kier molecular flexibility index (Phi) is 4.11. The Morgan fingerprint density at radius 1 is 0.944 bits per heavy atom. The van der Waals surface area contributed by atoms with Crippen molar-refractivity contribution in [1.82, 2.24) is 0 Å². The largest absolute Gasteiger partial charge is 0.327 e. The third-order valence-electron chi connectivity index (χ3n) is 3.29. The van der Waals surface area contributed by atoms with E-state index in [-0.39, 0.29) is 17.8 Å². The summed E-state index contributed by atoms with van der Waals surface area (Å²) < 4.78 is 13.0. The fraction of sp³-hybridized carbons (Fsp3) is 0.250. The standard InChI is InChI=1S/C16H18FN/c1-2-15(18)16(12-6-4-3-5-7-12)13-8-10-14(17)11-9-13/h3-11,15-16H,2,18H2,1H3. The van der Waals surface area contributed by atoms with Gasteiger partial charge in [0, 0.05) is 12.0 Å². The van der Waals surface area contributed by atoms with Gasteiger partial charge in [0.25, 0.3) is 0 Å². The zero-order valence-corrected chi connectivity index (χ0v) is 10.5. The molecule has 2 heteroatoms. The molecule has 0 fully saturated rings. The molecule has 0 spiro atoms. The summed E-state index contributed by atoms with van der Waals surface area (Å²) >= 11 is 0. The summed E-state index contributed by atoms with van der Waals surface area (Å²) in [6, 6.07) is 16.8. The van der Waals surface area contributed by atoms with Crippen molar-refractivity contribution in [3.05, 3.63) is 71.5 Å². The highest BCUT2D eigenvalue weighted by molar-refractivity contribution is 5.34. The van der Waals surface area contributed by atoms with E-state index in [9.17, 15) is 4.39 Å². The Morgan fingerprint density at radius 2 is 1.50 bits per heavy atom. The Bertz CT molecular complexity index is 478. The number of benzene rings is 2. The van der Waals surface area contributed by atoms with Gasteiger partial charge in [-0.05, 0) is 29.7 Å². The molecule has 0 aliphatic heterocycles. The van der Waals surface area contributed by atoms with Gasteiger partial charge in [-0.2, -0.15) is 0 Å². The third kappa shape index (κ3) is 2.77. The van der Waals surface area contributed by atoms with Gasteiger partial charge in [0.05, 0.1) is 0 Å². The van der Waals surface area contributed by atoms with E-state index in [1.54, 1.807) is 0 Å². The van der Waals surface area contributed by atoms with E-state index >= 15 is 0 Å². The smallest absolute Gasteiger partial charge is 0.123 e. The van der Waals surface area contributed by atoms with Gasteiger partial charge in [0.2, 0.25) is 0 Å². The molecule has 94 valence electrons. The first-order valence-corrected chi connectivity index (χ1v) is 6.28. The fourth-order valence-corrected chi connectivity index (χ4v) is 2.25. The summed E-state index contributed by atoms with van der Waals surface area (Å²) in [5.74, 6) is -0.0903. The molecular formula is C16H18FN. The molecule has 2 N–H and O–H groups in total. The monoisotopic (exact) mass is 243 g/mol. The van der Waals surface area contributed by atoms with Crippen LogP contribution >= 0.6 is 0 Å². The zero-order chi connectivity index (χ0) is 13.0. The maximum absolute atomic E-state index is 13.0. The molecule has 2 aromatic rings. The number of halogens is 1. The third-order valence-corrected chi connectivity index (χ3v) is 3.29. The first-order chi connectivity index (χ1) is 8.72. The van der Waals surface area contributed by atoms with Gasteiger partial charge in [0.15, 0.2) is 0 Å². The molecule has 0 amide bonds. The maximum Gasteiger partial charge on any atom is 0.123 e. The van der Waals surface area contributed by atoms with Crippen molar-refractivity contribution in [2.45, 2.75) is 25.3 Å². The molecule has 0 aliphatic carbocycles. The van der Waals surface area contributed by atoms with E-state index in [1.165, 1.54) is 17.7 Å². The normalized spacial score (nSPS) is 14.2. The summed E-state index contributed by atoms with van der Waals surface area (Å²) in [4.78, 5) is 0. The van der Waals surface area contributed by atoms with Crippen LogP contribution < -0.4 is 5.73 Å². The van der Waals surface area contributed by atoms with E-state index in [0.29, 0.717) is 0 Å². The summed E-state index contributed by atoms with van der Waals surface area (Å²) in [6.07, 6.45) is 0.886. The number of hydrogen-bond acceptors (Lipinski definition) is 1. The minimum absolute atomic E-state index is 0.0397. The highest BCUT2D eigenvalue weighted by atomic mass is 19.1. The predicted octanol–water partition coefficient (Wildman–Crippen LogP) is 3.69. The lowest BCUT2D eigenvalue weighted by Crippen LogP contribution is -2.28. The molecule has 0 saturated carbocycles. The zero-order valence-electron chi connectivity index (χ0n) is 10.5. The van der Waals surface area contributed by atoms with Gasteiger partial charge >= 0.3 is 0 Å². The first-order valence-electron chi connectivity index (χ1n) is 6.28. The molecule has 0 aromatic heterocycles. The number of nitrogens with two attached hydrogens (primary N) is 1. The summed E-state index contributed by atoms with van der Waals surface area (Å²) in [5.41, 5.74) is 8.47. The van der Waals surface area contributed by atoms with Crippen LogP contribution in [0, 0.1) is 5.82 Å². The molecule has 1 nitrogen and oxygen atoms in total. The van der Waals surface area contributed by atoms with Gasteiger partial charge in [-0.25, -0.2) is 4.39 Å². The molecule has 2 rings (SSSR count). The second-order valence-corrected chi connectivity index (χ2v) is 4.51. The number of rotatable bonds is 4. The molecule has 0 radical (unpaired) electrons. The van der Waals surface area contributed by atoms with E-state index in [4.69, 9.17) is 5.73 Å². The quantitative estimate of drug-likeness (QED) is 0.870. The first kappa shape index (κ1) is 12.8. The van der Waals surface area contributed by atoms with Crippen LogP contribution in [0.1, 0.15) is 30.4 Å². The Hall–Kier alpha value is -1.67. The predicted molar refractivity (Wildman–Crippen MR) is 73.0 cm³/mol. The average Bonchev–Trinajstić information content (AvgIpc) is 2.42. The molecule has 2 aromatic carbocycles. The molecule has 2 atom stereocenters. The molecule has 18 heavy (non-hydrogen) atoms. The van der Waals surface area contributed by atoms with Crippen molar-refractivity contribution in [2.75, 3.05) is 0 Å². The molecule has 2 unspecified atom stereocenters. The average molecular weight is 243 g/mol. The van der Waals surface area contributed by atoms with E-state index in [0.717, 1.165) is 12.0 Å². The van der Waals surface area contributed by atoms with Crippen molar-refractivity contribution in [3.63, 3.8) is 0 Å². The van der Waals surface area contributed by atoms with Crippen LogP contribution in [0.2, 0.25) is 0 Å². The highest BCUT2D eigenvalue weighted by Gasteiger charge is 2.20. The molecular weight excluding hydrogens is 225 g/mol. The van der Waals surface area contributed by atoms with E-state index in [2.05, 4.69) is 19.1 Å². The molecule has 0 aliphatic rings. The van der Waals surface area contributed by atoms with Crippen molar-refractivity contribution in [2.24, 2.45) is 5.73 Å². The molecule has 0 heterocycles. The second-order valence-electron chi connectivity index (χ2n) is 4.51. The van der Waals surface area contributed by atoms with Crippen LogP contribution in [0.5, 0.6) is 0 Å².